The van der Waals surface area contributed by atoms with Crippen molar-refractivity contribution in [2.45, 2.75) is 13.2 Å². The number of carbonyl (C=O) groups is 1. The molecule has 0 spiro atoms. The van der Waals surface area contributed by atoms with Gasteiger partial charge in [-0.2, -0.15) is 13.2 Å². The van der Waals surface area contributed by atoms with E-state index in [0.29, 0.717) is 0 Å². The molecule has 1 aromatic rings. The van der Waals surface area contributed by atoms with E-state index in [4.69, 9.17) is 4.74 Å². The molecule has 0 heterocycles. The van der Waals surface area contributed by atoms with Crippen molar-refractivity contribution in [1.29, 1.82) is 0 Å². The third-order valence-electron chi connectivity index (χ3n) is 1.86. The highest BCUT2D eigenvalue weighted by molar-refractivity contribution is 5.91. The number of halogens is 3. The molecule has 0 aliphatic rings. The van der Waals surface area contributed by atoms with Crippen LogP contribution in [-0.2, 0) is 0 Å². The first kappa shape index (κ1) is 13.1. The van der Waals surface area contributed by atoms with Crippen molar-refractivity contribution in [3.8, 4) is 5.75 Å². The average molecular weight is 248 g/mol. The van der Waals surface area contributed by atoms with Crippen LogP contribution in [0.1, 0.15) is 5.56 Å². The minimum absolute atomic E-state index is 0.175. The van der Waals surface area contributed by atoms with E-state index in [9.17, 15) is 18.0 Å². The second-order valence-electron chi connectivity index (χ2n) is 3.28. The maximum absolute atomic E-state index is 11.9. The second-order valence-corrected chi connectivity index (χ2v) is 3.28. The zero-order valence-corrected chi connectivity index (χ0v) is 9.18. The second kappa shape index (κ2) is 4.94. The summed E-state index contributed by atoms with van der Waals surface area (Å²) in [6.45, 7) is 1.74. The van der Waals surface area contributed by atoms with E-state index < -0.39 is 12.3 Å². The molecule has 0 aliphatic heterocycles. The molecule has 17 heavy (non-hydrogen) atoms. The minimum atomic E-state index is -4.76. The van der Waals surface area contributed by atoms with Crippen LogP contribution in [-0.4, -0.2) is 19.4 Å². The summed E-state index contributed by atoms with van der Waals surface area (Å²) in [5.74, 6) is 0.285. The summed E-state index contributed by atoms with van der Waals surface area (Å²) in [5, 5.41) is 2.90. The fourth-order valence-electron chi connectivity index (χ4n) is 1.20. The Morgan fingerprint density at radius 3 is 2.53 bits per heavy atom. The highest BCUT2D eigenvalue weighted by Crippen LogP contribution is 2.25. The van der Waals surface area contributed by atoms with Gasteiger partial charge in [0.2, 0.25) is 0 Å². The van der Waals surface area contributed by atoms with E-state index in [0.717, 1.165) is 10.9 Å². The Bertz CT molecular complexity index is 419. The first-order valence-corrected chi connectivity index (χ1v) is 4.62. The molecule has 0 unspecified atom stereocenters. The van der Waals surface area contributed by atoms with Crippen molar-refractivity contribution in [3.05, 3.63) is 23.8 Å². The summed E-state index contributed by atoms with van der Waals surface area (Å²) in [7, 11) is 1.36. The Hall–Kier alpha value is -1.92. The highest BCUT2D eigenvalue weighted by atomic mass is 19.4. The van der Waals surface area contributed by atoms with E-state index in [1.165, 1.54) is 13.2 Å². The summed E-state index contributed by atoms with van der Waals surface area (Å²) >= 11 is 0. The Morgan fingerprint density at radius 2 is 2.00 bits per heavy atom. The van der Waals surface area contributed by atoms with Crippen molar-refractivity contribution in [2.24, 2.45) is 0 Å². The van der Waals surface area contributed by atoms with Gasteiger partial charge in [-0.25, -0.2) is 10.1 Å². The minimum Gasteiger partial charge on any atom is -0.495 e. The molecule has 2 N–H and O–H groups in total. The number of aryl methyl sites for hydroxylation is 1. The van der Waals surface area contributed by atoms with Crippen LogP contribution in [0.15, 0.2) is 18.2 Å². The van der Waals surface area contributed by atoms with Crippen LogP contribution in [0.3, 0.4) is 0 Å². The van der Waals surface area contributed by atoms with Crippen molar-refractivity contribution in [3.63, 3.8) is 0 Å². The number of ether oxygens (including phenoxy) is 1. The van der Waals surface area contributed by atoms with Crippen LogP contribution < -0.4 is 15.4 Å². The number of methoxy groups -OCH3 is 1. The van der Waals surface area contributed by atoms with Crippen molar-refractivity contribution < 1.29 is 22.7 Å². The van der Waals surface area contributed by atoms with Crippen LogP contribution in [0, 0.1) is 6.92 Å². The van der Waals surface area contributed by atoms with E-state index >= 15 is 0 Å². The molecule has 0 saturated carbocycles. The number of carbonyl (C=O) groups excluding carboxylic acids is 1. The molecule has 0 atom stereocenters. The fraction of sp³-hybridized carbons (Fsp3) is 0.300. The molecule has 1 aromatic carbocycles. The zero-order valence-electron chi connectivity index (χ0n) is 9.18. The number of hydrogen-bond donors (Lipinski definition) is 2. The first-order valence-electron chi connectivity index (χ1n) is 4.62. The van der Waals surface area contributed by atoms with Gasteiger partial charge >= 0.3 is 12.3 Å². The van der Waals surface area contributed by atoms with Gasteiger partial charge in [0.25, 0.3) is 0 Å². The van der Waals surface area contributed by atoms with Crippen molar-refractivity contribution in [1.82, 2.24) is 5.32 Å². The average Bonchev–Trinajstić information content (AvgIpc) is 2.14. The summed E-state index contributed by atoms with van der Waals surface area (Å²) in [6.07, 6.45) is -4.76. The molecule has 0 aromatic heterocycles. The number of anilines is 1. The van der Waals surface area contributed by atoms with Gasteiger partial charge in [-0.15, -0.1) is 0 Å². The Kier molecular flexibility index (Phi) is 3.82. The van der Waals surface area contributed by atoms with Gasteiger partial charge in [-0.3, -0.25) is 0 Å². The predicted octanol–water partition coefficient (Wildman–Crippen LogP) is 2.64. The molecule has 4 nitrogen and oxygen atoms in total. The summed E-state index contributed by atoms with van der Waals surface area (Å²) in [5.41, 5.74) is 0.961. The van der Waals surface area contributed by atoms with Gasteiger partial charge in [-0.05, 0) is 24.6 Å². The molecule has 0 aliphatic carbocycles. The summed E-state index contributed by atoms with van der Waals surface area (Å²) in [6, 6.07) is 3.42. The molecular formula is C10H11F3N2O2. The van der Waals surface area contributed by atoms with Gasteiger partial charge in [0.05, 0.1) is 12.8 Å². The Labute approximate surface area is 95.8 Å². The molecule has 0 radical (unpaired) electrons. The molecule has 0 saturated heterocycles. The van der Waals surface area contributed by atoms with Crippen LogP contribution in [0.2, 0.25) is 0 Å². The van der Waals surface area contributed by atoms with Crippen LogP contribution >= 0.6 is 0 Å². The fourth-order valence-corrected chi connectivity index (χ4v) is 1.20. The van der Waals surface area contributed by atoms with Crippen LogP contribution in [0.25, 0.3) is 0 Å². The topological polar surface area (TPSA) is 50.4 Å². The summed E-state index contributed by atoms with van der Waals surface area (Å²) < 4.78 is 40.5. The highest BCUT2D eigenvalue weighted by Gasteiger charge is 2.30. The molecule has 0 bridgehead atoms. The number of alkyl halides is 3. The maximum atomic E-state index is 11.9. The molecule has 2 amide bonds. The van der Waals surface area contributed by atoms with Gasteiger partial charge < -0.3 is 10.1 Å². The third-order valence-corrected chi connectivity index (χ3v) is 1.86. The number of amides is 2. The Morgan fingerprint density at radius 1 is 1.35 bits per heavy atom. The smallest absolute Gasteiger partial charge is 0.485 e. The van der Waals surface area contributed by atoms with Crippen molar-refractivity contribution >= 4 is 11.7 Å². The molecule has 0 fully saturated rings. The van der Waals surface area contributed by atoms with E-state index in [1.54, 1.807) is 19.1 Å². The lowest BCUT2D eigenvalue weighted by Gasteiger charge is -2.13. The SMILES string of the molecule is COc1ccc(C)cc1NC(=O)NC(F)(F)F. The van der Waals surface area contributed by atoms with Gasteiger partial charge in [0, 0.05) is 0 Å². The molecule has 94 valence electrons. The summed E-state index contributed by atoms with van der Waals surface area (Å²) in [4.78, 5) is 11.0. The molecular weight excluding hydrogens is 237 g/mol. The predicted molar refractivity (Wildman–Crippen MR) is 55.9 cm³/mol. The molecule has 7 heteroatoms. The van der Waals surface area contributed by atoms with E-state index in [2.05, 4.69) is 5.32 Å². The number of nitrogens with one attached hydrogen (secondary N) is 2. The number of benzene rings is 1. The van der Waals surface area contributed by atoms with Gasteiger partial charge in [-0.1, -0.05) is 6.07 Å². The third kappa shape index (κ3) is 4.21. The normalized spacial score (nSPS) is 10.9. The lowest BCUT2D eigenvalue weighted by atomic mass is 10.2. The largest absolute Gasteiger partial charge is 0.495 e. The number of rotatable bonds is 2. The number of urea groups is 1. The van der Waals surface area contributed by atoms with Crippen LogP contribution in [0.5, 0.6) is 5.75 Å². The molecule has 1 rings (SSSR count). The van der Waals surface area contributed by atoms with Crippen molar-refractivity contribution in [2.75, 3.05) is 12.4 Å². The quantitative estimate of drug-likeness (QED) is 0.790. The van der Waals surface area contributed by atoms with Gasteiger partial charge in [0.15, 0.2) is 0 Å². The monoisotopic (exact) mass is 248 g/mol. The van der Waals surface area contributed by atoms with Crippen LogP contribution in [0.4, 0.5) is 23.7 Å². The van der Waals surface area contributed by atoms with E-state index in [1.807, 2.05) is 0 Å². The Balaban J connectivity index is 2.80. The first-order chi connectivity index (χ1) is 7.81. The zero-order chi connectivity index (χ0) is 13.1. The lowest BCUT2D eigenvalue weighted by molar-refractivity contribution is -0.144. The maximum Gasteiger partial charge on any atom is 0.485 e. The number of hydrogen-bond acceptors (Lipinski definition) is 2. The van der Waals surface area contributed by atoms with E-state index in [-0.39, 0.29) is 11.4 Å². The lowest BCUT2D eigenvalue weighted by Crippen LogP contribution is -2.40. The van der Waals surface area contributed by atoms with Gasteiger partial charge in [0.1, 0.15) is 5.75 Å². The standard InChI is InChI=1S/C10H11F3N2O2/c1-6-3-4-8(17-2)7(5-6)14-9(16)15-10(11,12)13/h3-5H,1-2H3,(H2,14,15,16).